The highest BCUT2D eigenvalue weighted by molar-refractivity contribution is 4.90. The molecule has 2 aliphatic rings. The van der Waals surface area contributed by atoms with E-state index in [0.717, 1.165) is 11.3 Å². The van der Waals surface area contributed by atoms with Crippen LogP contribution in [-0.2, 0) is 0 Å². The highest BCUT2D eigenvalue weighted by Gasteiger charge is 2.39. The van der Waals surface area contributed by atoms with Crippen LogP contribution >= 0.6 is 0 Å². The van der Waals surface area contributed by atoms with E-state index in [1.807, 2.05) is 13.8 Å². The normalized spacial score (nSPS) is 39.8. The molecule has 2 unspecified atom stereocenters. The fourth-order valence-electron chi connectivity index (χ4n) is 3.05. The summed E-state index contributed by atoms with van der Waals surface area (Å²) in [7, 11) is 0. The number of hydrogen-bond donors (Lipinski definition) is 0. The lowest BCUT2D eigenvalue weighted by Gasteiger charge is -2.36. The molecule has 2 aliphatic carbocycles. The summed E-state index contributed by atoms with van der Waals surface area (Å²) in [5.41, 5.74) is 0.790. The molecule has 0 amide bonds. The zero-order valence-electron chi connectivity index (χ0n) is 9.03. The molecule has 0 bridgehead atoms. The van der Waals surface area contributed by atoms with Crippen LogP contribution in [0.25, 0.3) is 0 Å². The monoisotopic (exact) mass is 168 g/mol. The topological polar surface area (TPSA) is 0 Å². The van der Waals surface area contributed by atoms with Crippen LogP contribution in [0.3, 0.4) is 0 Å². The molecule has 12 heavy (non-hydrogen) atoms. The zero-order chi connectivity index (χ0) is 9.03. The van der Waals surface area contributed by atoms with E-state index in [2.05, 4.69) is 6.92 Å². The van der Waals surface area contributed by atoms with Gasteiger partial charge in [0.25, 0.3) is 0 Å². The standard InChI is InChI=1S/C10H18.C2H6/c1-10-7-3-2-5-9(10)6-4-8-10;1-2/h9H,2-8H2,1H3;1-2H3. The van der Waals surface area contributed by atoms with E-state index in [0.29, 0.717) is 0 Å². The second kappa shape index (κ2) is 4.30. The Balaban J connectivity index is 0.000000336. The Kier molecular flexibility index (Phi) is 3.61. The predicted octanol–water partition coefficient (Wildman–Crippen LogP) is 4.39. The molecule has 0 heteroatoms. The molecule has 2 saturated carbocycles. The number of rotatable bonds is 0. The maximum Gasteiger partial charge on any atom is -0.0298 e. The van der Waals surface area contributed by atoms with Crippen LogP contribution in [0.4, 0.5) is 0 Å². The Morgan fingerprint density at radius 3 is 2.17 bits per heavy atom. The summed E-state index contributed by atoms with van der Waals surface area (Å²) in [6, 6.07) is 0. The third-order valence-corrected chi connectivity index (χ3v) is 3.84. The first-order chi connectivity index (χ1) is 5.81. The quantitative estimate of drug-likeness (QED) is 0.503. The fourth-order valence-corrected chi connectivity index (χ4v) is 3.05. The van der Waals surface area contributed by atoms with E-state index < -0.39 is 0 Å². The van der Waals surface area contributed by atoms with Crippen molar-refractivity contribution in [2.75, 3.05) is 0 Å². The summed E-state index contributed by atoms with van der Waals surface area (Å²) >= 11 is 0. The van der Waals surface area contributed by atoms with Crippen LogP contribution < -0.4 is 0 Å². The largest absolute Gasteiger partial charge is 0.0683 e. The maximum atomic E-state index is 2.52. The van der Waals surface area contributed by atoms with Crippen LogP contribution in [0.2, 0.25) is 0 Å². The second-order valence-corrected chi connectivity index (χ2v) is 4.49. The first-order valence-corrected chi connectivity index (χ1v) is 5.81. The average molecular weight is 168 g/mol. The van der Waals surface area contributed by atoms with E-state index in [-0.39, 0.29) is 0 Å². The third-order valence-electron chi connectivity index (χ3n) is 3.84. The first-order valence-electron chi connectivity index (χ1n) is 5.81. The van der Waals surface area contributed by atoms with Gasteiger partial charge in [0.15, 0.2) is 0 Å². The minimum atomic E-state index is 0.790. The molecule has 72 valence electrons. The van der Waals surface area contributed by atoms with Gasteiger partial charge in [-0.05, 0) is 37.0 Å². The van der Waals surface area contributed by atoms with Crippen LogP contribution in [0.1, 0.15) is 65.7 Å². The van der Waals surface area contributed by atoms with Crippen molar-refractivity contribution in [2.24, 2.45) is 11.3 Å². The van der Waals surface area contributed by atoms with Crippen molar-refractivity contribution in [3.05, 3.63) is 0 Å². The number of hydrogen-bond acceptors (Lipinski definition) is 0. The Morgan fingerprint density at radius 1 is 0.917 bits per heavy atom. The molecule has 0 aromatic carbocycles. The van der Waals surface area contributed by atoms with Gasteiger partial charge in [0.2, 0.25) is 0 Å². The molecule has 0 aromatic rings. The molecule has 2 fully saturated rings. The van der Waals surface area contributed by atoms with E-state index in [4.69, 9.17) is 0 Å². The van der Waals surface area contributed by atoms with Crippen molar-refractivity contribution in [3.63, 3.8) is 0 Å². The number of fused-ring (bicyclic) bond motifs is 1. The SMILES string of the molecule is CC.CC12CCCCC1CCC2. The summed E-state index contributed by atoms with van der Waals surface area (Å²) in [6.45, 7) is 6.52. The molecule has 0 saturated heterocycles. The summed E-state index contributed by atoms with van der Waals surface area (Å²) < 4.78 is 0. The highest BCUT2D eigenvalue weighted by Crippen LogP contribution is 2.51. The van der Waals surface area contributed by atoms with Gasteiger partial charge in [-0.25, -0.2) is 0 Å². The molecular formula is C12H24. The van der Waals surface area contributed by atoms with Crippen LogP contribution in [-0.4, -0.2) is 0 Å². The fraction of sp³-hybridized carbons (Fsp3) is 1.00. The summed E-state index contributed by atoms with van der Waals surface area (Å²) in [5, 5.41) is 0. The summed E-state index contributed by atoms with van der Waals surface area (Å²) in [5.74, 6) is 1.11. The molecular weight excluding hydrogens is 144 g/mol. The van der Waals surface area contributed by atoms with Gasteiger partial charge in [-0.15, -0.1) is 0 Å². The van der Waals surface area contributed by atoms with E-state index in [1.165, 1.54) is 44.9 Å². The van der Waals surface area contributed by atoms with Crippen molar-refractivity contribution in [2.45, 2.75) is 65.7 Å². The Bertz CT molecular complexity index is 128. The molecule has 0 aromatic heterocycles. The molecule has 2 rings (SSSR count). The smallest absolute Gasteiger partial charge is 0.0298 e. The second-order valence-electron chi connectivity index (χ2n) is 4.49. The van der Waals surface area contributed by atoms with Gasteiger partial charge in [0.1, 0.15) is 0 Å². The minimum absolute atomic E-state index is 0.790. The van der Waals surface area contributed by atoms with Crippen LogP contribution in [0.5, 0.6) is 0 Å². The van der Waals surface area contributed by atoms with Crippen molar-refractivity contribution in [1.29, 1.82) is 0 Å². The van der Waals surface area contributed by atoms with Crippen molar-refractivity contribution in [1.82, 2.24) is 0 Å². The third kappa shape index (κ3) is 1.84. The molecule has 0 N–H and O–H groups in total. The predicted molar refractivity (Wildman–Crippen MR) is 55.3 cm³/mol. The Labute approximate surface area is 77.7 Å². The maximum absolute atomic E-state index is 2.52. The summed E-state index contributed by atoms with van der Waals surface area (Å²) in [6.07, 6.45) is 10.7. The molecule has 0 heterocycles. The van der Waals surface area contributed by atoms with Gasteiger partial charge in [-0.3, -0.25) is 0 Å². The first kappa shape index (κ1) is 10.1. The van der Waals surface area contributed by atoms with E-state index >= 15 is 0 Å². The van der Waals surface area contributed by atoms with Crippen LogP contribution in [0.15, 0.2) is 0 Å². The zero-order valence-corrected chi connectivity index (χ0v) is 9.03. The molecule has 0 nitrogen and oxygen atoms in total. The van der Waals surface area contributed by atoms with E-state index in [1.54, 1.807) is 0 Å². The van der Waals surface area contributed by atoms with Crippen molar-refractivity contribution in [3.8, 4) is 0 Å². The van der Waals surface area contributed by atoms with Crippen LogP contribution in [0, 0.1) is 11.3 Å². The molecule has 0 aliphatic heterocycles. The molecule has 0 spiro atoms. The molecule has 0 radical (unpaired) electrons. The van der Waals surface area contributed by atoms with E-state index in [9.17, 15) is 0 Å². The van der Waals surface area contributed by atoms with Gasteiger partial charge >= 0.3 is 0 Å². The van der Waals surface area contributed by atoms with Gasteiger partial charge in [-0.1, -0.05) is 40.0 Å². The van der Waals surface area contributed by atoms with Gasteiger partial charge in [0.05, 0.1) is 0 Å². The minimum Gasteiger partial charge on any atom is -0.0683 e. The van der Waals surface area contributed by atoms with Crippen molar-refractivity contribution < 1.29 is 0 Å². The summed E-state index contributed by atoms with van der Waals surface area (Å²) in [4.78, 5) is 0. The lowest BCUT2D eigenvalue weighted by atomic mass is 9.70. The van der Waals surface area contributed by atoms with Crippen molar-refractivity contribution >= 4 is 0 Å². The Hall–Kier alpha value is 0. The van der Waals surface area contributed by atoms with Gasteiger partial charge in [-0.2, -0.15) is 0 Å². The highest BCUT2D eigenvalue weighted by atomic mass is 14.4. The Morgan fingerprint density at radius 2 is 1.50 bits per heavy atom. The lowest BCUT2D eigenvalue weighted by molar-refractivity contribution is 0.153. The van der Waals surface area contributed by atoms with Gasteiger partial charge in [0, 0.05) is 0 Å². The lowest BCUT2D eigenvalue weighted by Crippen LogP contribution is -2.25. The molecule has 2 atom stereocenters. The van der Waals surface area contributed by atoms with Gasteiger partial charge < -0.3 is 0 Å². The average Bonchev–Trinajstić information content (AvgIpc) is 2.49.